The van der Waals surface area contributed by atoms with E-state index in [1.807, 2.05) is 0 Å². The van der Waals surface area contributed by atoms with Gasteiger partial charge in [0.1, 0.15) is 30.5 Å². The molecular formula is C13H23NO6S. The second-order valence-electron chi connectivity index (χ2n) is 5.56. The molecule has 0 aromatic rings. The Hall–Kier alpha value is -0.510. The molecule has 122 valence electrons. The fourth-order valence-corrected chi connectivity index (χ4v) is 2.96. The highest BCUT2D eigenvalue weighted by Crippen LogP contribution is 2.22. The van der Waals surface area contributed by atoms with Gasteiger partial charge in [-0.2, -0.15) is 0 Å². The van der Waals surface area contributed by atoms with Crippen molar-refractivity contribution < 1.29 is 29.9 Å². The van der Waals surface area contributed by atoms with Crippen LogP contribution in [0.15, 0.2) is 0 Å². The second kappa shape index (κ2) is 7.66. The van der Waals surface area contributed by atoms with E-state index >= 15 is 0 Å². The Bertz CT molecular complexity index is 350. The molecule has 5 N–H and O–H groups in total. The van der Waals surface area contributed by atoms with Crippen molar-refractivity contribution >= 4 is 17.4 Å². The van der Waals surface area contributed by atoms with Gasteiger partial charge >= 0.3 is 0 Å². The summed E-state index contributed by atoms with van der Waals surface area (Å²) in [6, 6.07) is 0. The number of aliphatic hydroxyl groups excluding tert-OH is 4. The molecule has 0 aromatic carbocycles. The molecule has 1 saturated carbocycles. The molecule has 0 spiro atoms. The molecule has 0 unspecified atom stereocenters. The van der Waals surface area contributed by atoms with Crippen LogP contribution in [0.3, 0.4) is 0 Å². The normalized spacial score (nSPS) is 38.0. The molecule has 0 amide bonds. The Labute approximate surface area is 128 Å². The molecule has 1 aliphatic heterocycles. The molecule has 21 heavy (non-hydrogen) atoms. The Morgan fingerprint density at radius 2 is 1.76 bits per heavy atom. The third-order valence-electron chi connectivity index (χ3n) is 3.98. The second-order valence-corrected chi connectivity index (χ2v) is 5.93. The van der Waals surface area contributed by atoms with Crippen LogP contribution in [0, 0.1) is 0 Å². The summed E-state index contributed by atoms with van der Waals surface area (Å²) in [5, 5.41) is 41.1. The van der Waals surface area contributed by atoms with Gasteiger partial charge in [0.2, 0.25) is 0 Å². The number of aliphatic hydroxyl groups is 4. The lowest BCUT2D eigenvalue weighted by molar-refractivity contribution is -0.233. The van der Waals surface area contributed by atoms with Gasteiger partial charge in [0.05, 0.1) is 6.61 Å². The summed E-state index contributed by atoms with van der Waals surface area (Å²) in [4.78, 5) is 0. The highest BCUT2D eigenvalue weighted by atomic mass is 32.1. The lowest BCUT2D eigenvalue weighted by Crippen LogP contribution is -2.63. The first-order valence-corrected chi connectivity index (χ1v) is 7.71. The summed E-state index contributed by atoms with van der Waals surface area (Å²) < 4.78 is 10.9. The van der Waals surface area contributed by atoms with Gasteiger partial charge in [-0.3, -0.25) is 0 Å². The Kier molecular flexibility index (Phi) is 6.15. The minimum absolute atomic E-state index is 0.0589. The third-order valence-corrected chi connectivity index (χ3v) is 4.19. The summed E-state index contributed by atoms with van der Waals surface area (Å²) in [6.07, 6.45) is -0.809. The van der Waals surface area contributed by atoms with E-state index in [-0.39, 0.29) is 11.3 Å². The van der Waals surface area contributed by atoms with Gasteiger partial charge < -0.3 is 35.2 Å². The first kappa shape index (κ1) is 16.9. The van der Waals surface area contributed by atoms with Crippen molar-refractivity contribution in [3.05, 3.63) is 0 Å². The van der Waals surface area contributed by atoms with Crippen LogP contribution in [-0.2, 0) is 9.47 Å². The molecule has 0 aromatic heterocycles. The average Bonchev–Trinajstić information content (AvgIpc) is 2.49. The number of nitrogens with one attached hydrogen (secondary N) is 1. The van der Waals surface area contributed by atoms with Gasteiger partial charge in [-0.15, -0.1) is 0 Å². The van der Waals surface area contributed by atoms with Crippen LogP contribution in [0.1, 0.15) is 32.1 Å². The van der Waals surface area contributed by atoms with Gasteiger partial charge in [0, 0.05) is 0 Å². The van der Waals surface area contributed by atoms with Crippen molar-refractivity contribution in [2.24, 2.45) is 0 Å². The highest BCUT2D eigenvalue weighted by Gasteiger charge is 2.43. The van der Waals surface area contributed by atoms with Crippen LogP contribution in [0.5, 0.6) is 0 Å². The largest absolute Gasteiger partial charge is 0.468 e. The minimum atomic E-state index is -1.43. The maximum atomic E-state index is 9.88. The van der Waals surface area contributed by atoms with E-state index in [0.717, 1.165) is 25.7 Å². The van der Waals surface area contributed by atoms with Crippen LogP contribution >= 0.6 is 12.2 Å². The number of thiocarbonyl (C=S) groups is 1. The van der Waals surface area contributed by atoms with Crippen LogP contribution in [-0.4, -0.2) is 69.0 Å². The smallest absolute Gasteiger partial charge is 0.259 e. The average molecular weight is 321 g/mol. The van der Waals surface area contributed by atoms with Gasteiger partial charge in [0.25, 0.3) is 5.17 Å². The number of ether oxygens (including phenoxy) is 2. The summed E-state index contributed by atoms with van der Waals surface area (Å²) in [7, 11) is 0. The fraction of sp³-hybridized carbons (Fsp3) is 0.923. The maximum absolute atomic E-state index is 9.88. The zero-order valence-corrected chi connectivity index (χ0v) is 12.5. The molecule has 8 heteroatoms. The van der Waals surface area contributed by atoms with Crippen LogP contribution in [0.2, 0.25) is 0 Å². The van der Waals surface area contributed by atoms with E-state index in [2.05, 4.69) is 5.32 Å². The first-order valence-electron chi connectivity index (χ1n) is 7.30. The molecule has 1 saturated heterocycles. The van der Waals surface area contributed by atoms with Gasteiger partial charge in [-0.05, 0) is 37.9 Å². The van der Waals surface area contributed by atoms with E-state index in [4.69, 9.17) is 26.8 Å². The van der Waals surface area contributed by atoms with Crippen LogP contribution < -0.4 is 5.32 Å². The van der Waals surface area contributed by atoms with Crippen molar-refractivity contribution in [3.8, 4) is 0 Å². The topological polar surface area (TPSA) is 111 Å². The standard InChI is InChI=1S/C13H23NO6S/c15-6-8-9(16)10(17)11(18)12(20-8)14-13(21)19-7-4-2-1-3-5-7/h7-12,15-18H,1-6H2,(H,14,21)/t8-,9+,10+,11-,12-/m0/s1. The summed E-state index contributed by atoms with van der Waals surface area (Å²) >= 11 is 5.08. The molecule has 1 heterocycles. The van der Waals surface area contributed by atoms with Crippen molar-refractivity contribution in [2.45, 2.75) is 68.9 Å². The fourth-order valence-electron chi connectivity index (χ4n) is 2.71. The minimum Gasteiger partial charge on any atom is -0.468 e. The van der Waals surface area contributed by atoms with E-state index in [1.54, 1.807) is 0 Å². The lowest BCUT2D eigenvalue weighted by atomic mass is 9.98. The van der Waals surface area contributed by atoms with E-state index in [1.165, 1.54) is 6.42 Å². The predicted molar refractivity (Wildman–Crippen MR) is 77.5 cm³/mol. The van der Waals surface area contributed by atoms with Crippen molar-refractivity contribution in [3.63, 3.8) is 0 Å². The number of hydrogen-bond acceptors (Lipinski definition) is 7. The molecule has 2 fully saturated rings. The van der Waals surface area contributed by atoms with Gasteiger partial charge in [-0.1, -0.05) is 6.42 Å². The predicted octanol–water partition coefficient (Wildman–Crippen LogP) is -0.990. The zero-order chi connectivity index (χ0) is 15.4. The molecule has 7 nitrogen and oxygen atoms in total. The molecular weight excluding hydrogens is 298 g/mol. The summed E-state index contributed by atoms with van der Waals surface area (Å²) in [5.41, 5.74) is 0. The van der Waals surface area contributed by atoms with E-state index < -0.39 is 37.3 Å². The number of hydrogen-bond donors (Lipinski definition) is 5. The van der Waals surface area contributed by atoms with Crippen molar-refractivity contribution in [1.82, 2.24) is 5.32 Å². The Morgan fingerprint density at radius 3 is 2.38 bits per heavy atom. The van der Waals surface area contributed by atoms with Gasteiger partial charge in [0.15, 0.2) is 6.23 Å². The Morgan fingerprint density at radius 1 is 1.10 bits per heavy atom. The Balaban J connectivity index is 1.86. The molecule has 0 bridgehead atoms. The summed E-state index contributed by atoms with van der Waals surface area (Å²) in [5.74, 6) is 0. The quantitative estimate of drug-likeness (QED) is 0.421. The van der Waals surface area contributed by atoms with Crippen molar-refractivity contribution in [1.29, 1.82) is 0 Å². The van der Waals surface area contributed by atoms with E-state index in [0.29, 0.717) is 0 Å². The third kappa shape index (κ3) is 4.24. The highest BCUT2D eigenvalue weighted by molar-refractivity contribution is 7.80. The monoisotopic (exact) mass is 321 g/mol. The van der Waals surface area contributed by atoms with Crippen LogP contribution in [0.4, 0.5) is 0 Å². The van der Waals surface area contributed by atoms with Crippen LogP contribution in [0.25, 0.3) is 0 Å². The lowest BCUT2D eigenvalue weighted by Gasteiger charge is -2.40. The maximum Gasteiger partial charge on any atom is 0.259 e. The summed E-state index contributed by atoms with van der Waals surface area (Å²) in [6.45, 7) is -0.473. The molecule has 1 aliphatic carbocycles. The number of rotatable bonds is 3. The zero-order valence-electron chi connectivity index (χ0n) is 11.7. The SMILES string of the molecule is OC[C@@H]1O[C@H](NC(=S)OC2CCCCC2)[C@@H](O)[C@H](O)[C@@H]1O. The van der Waals surface area contributed by atoms with Gasteiger partial charge in [-0.25, -0.2) is 0 Å². The first-order chi connectivity index (χ1) is 10.0. The van der Waals surface area contributed by atoms with E-state index in [9.17, 15) is 15.3 Å². The molecule has 0 radical (unpaired) electrons. The molecule has 2 aliphatic rings. The molecule has 2 rings (SSSR count). The van der Waals surface area contributed by atoms with Crippen molar-refractivity contribution in [2.75, 3.05) is 6.61 Å². The molecule has 5 atom stereocenters.